The third kappa shape index (κ3) is 5.27. The number of rotatable bonds is 7. The molecule has 142 valence electrons. The molecule has 0 aliphatic heterocycles. The fourth-order valence-corrected chi connectivity index (χ4v) is 7.76. The minimum atomic E-state index is -3.80. The Morgan fingerprint density at radius 3 is 1.70 bits per heavy atom. The molecule has 0 heterocycles. The van der Waals surface area contributed by atoms with Crippen LogP contribution in [0.3, 0.4) is 0 Å². The monoisotopic (exact) mass is 402 g/mol. The summed E-state index contributed by atoms with van der Waals surface area (Å²) >= 11 is 0. The summed E-state index contributed by atoms with van der Waals surface area (Å²) in [7, 11) is -2.91. The average Bonchev–Trinajstić information content (AvgIpc) is 2.59. The van der Waals surface area contributed by atoms with Crippen molar-refractivity contribution < 1.29 is 23.1 Å². The van der Waals surface area contributed by atoms with Gasteiger partial charge in [0.05, 0.1) is 0 Å². The second-order valence-electron chi connectivity index (χ2n) is 7.27. The molecule has 0 unspecified atom stereocenters. The number of benzene rings is 2. The molecule has 0 spiro atoms. The molecule has 0 saturated carbocycles. The van der Waals surface area contributed by atoms with Crippen molar-refractivity contribution in [3.05, 3.63) is 60.7 Å². The van der Waals surface area contributed by atoms with Gasteiger partial charge in [0.25, 0.3) is 8.32 Å². The van der Waals surface area contributed by atoms with Crippen molar-refractivity contribution in [3.8, 4) is 0 Å². The predicted molar refractivity (Wildman–Crippen MR) is 108 cm³/mol. The normalized spacial score (nSPS) is 12.3. The fourth-order valence-electron chi connectivity index (χ4n) is 3.20. The van der Waals surface area contributed by atoms with E-state index in [0.717, 1.165) is 10.4 Å². The van der Waals surface area contributed by atoms with Gasteiger partial charge in [0, 0.05) is 13.0 Å². The van der Waals surface area contributed by atoms with E-state index in [1.807, 2.05) is 81.4 Å². The van der Waals surface area contributed by atoms with Crippen LogP contribution in [0.5, 0.6) is 0 Å². The molecule has 0 bridgehead atoms. The van der Waals surface area contributed by atoms with E-state index < -0.39 is 26.6 Å². The van der Waals surface area contributed by atoms with E-state index in [1.165, 1.54) is 0 Å². The van der Waals surface area contributed by atoms with E-state index in [2.05, 4.69) is 0 Å². The van der Waals surface area contributed by atoms with Crippen molar-refractivity contribution in [1.29, 1.82) is 0 Å². The Labute approximate surface area is 182 Å². The summed E-state index contributed by atoms with van der Waals surface area (Å²) in [5, 5.41) is 10.3. The predicted octanol–water partition coefficient (Wildman–Crippen LogP) is 3.02. The van der Waals surface area contributed by atoms with E-state index in [4.69, 9.17) is 9.53 Å². The number of carboxylic acid groups (broad SMARTS) is 1. The van der Waals surface area contributed by atoms with Crippen LogP contribution in [0.4, 0.5) is 8.78 Å². The molecule has 0 aromatic heterocycles. The van der Waals surface area contributed by atoms with E-state index in [9.17, 15) is 13.6 Å². The molecule has 2 aromatic rings. The molecule has 0 amide bonds. The standard InChI is InChI=1S/C20H24F2O3Si.Na.H/c1-19(2,3)26(16-10-6-4-7-11-16,17-12-8-5-9-13-17)25-15-14-20(21,22)18(23)24;;/h4-13H,14-15H2,1-3H3,(H,23,24);;. The second-order valence-corrected chi connectivity index (χ2v) is 11.6. The third-order valence-corrected chi connectivity index (χ3v) is 9.51. The Hall–Kier alpha value is -1.05. The van der Waals surface area contributed by atoms with Crippen molar-refractivity contribution in [2.75, 3.05) is 6.61 Å². The summed E-state index contributed by atoms with van der Waals surface area (Å²) in [6, 6.07) is 19.2. The number of aliphatic carboxylic acids is 1. The van der Waals surface area contributed by atoms with Crippen LogP contribution in [0, 0.1) is 0 Å². The summed E-state index contributed by atoms with van der Waals surface area (Å²) in [4.78, 5) is 10.7. The van der Waals surface area contributed by atoms with Gasteiger partial charge in [-0.2, -0.15) is 8.78 Å². The van der Waals surface area contributed by atoms with Gasteiger partial charge in [-0.1, -0.05) is 81.4 Å². The van der Waals surface area contributed by atoms with Gasteiger partial charge < -0.3 is 9.53 Å². The molecule has 27 heavy (non-hydrogen) atoms. The van der Waals surface area contributed by atoms with E-state index in [0.29, 0.717) is 0 Å². The molecule has 0 radical (unpaired) electrons. The first kappa shape index (κ1) is 24.0. The zero-order valence-corrected chi connectivity index (χ0v) is 16.2. The van der Waals surface area contributed by atoms with E-state index in [1.54, 1.807) is 0 Å². The first-order valence-corrected chi connectivity index (χ1v) is 10.4. The van der Waals surface area contributed by atoms with Gasteiger partial charge in [0.15, 0.2) is 0 Å². The number of hydrogen-bond donors (Lipinski definition) is 1. The quantitative estimate of drug-likeness (QED) is 0.725. The molecule has 0 fully saturated rings. The number of carbonyl (C=O) groups is 1. The van der Waals surface area contributed by atoms with Crippen molar-refractivity contribution >= 4 is 54.2 Å². The van der Waals surface area contributed by atoms with Crippen LogP contribution in [0.2, 0.25) is 5.04 Å². The van der Waals surface area contributed by atoms with Gasteiger partial charge in [-0.05, 0) is 15.4 Å². The Balaban J connectivity index is 0.00000364. The molecule has 0 aliphatic carbocycles. The number of alkyl halides is 2. The third-order valence-electron chi connectivity index (χ3n) is 4.46. The molecule has 3 nitrogen and oxygen atoms in total. The molecule has 0 atom stereocenters. The average molecular weight is 402 g/mol. The van der Waals surface area contributed by atoms with E-state index >= 15 is 0 Å². The topological polar surface area (TPSA) is 46.5 Å². The van der Waals surface area contributed by atoms with Gasteiger partial charge >= 0.3 is 41.4 Å². The first-order chi connectivity index (χ1) is 12.1. The maximum atomic E-state index is 13.6. The summed E-state index contributed by atoms with van der Waals surface area (Å²) in [6.07, 6.45) is -0.854. The number of hydrogen-bond acceptors (Lipinski definition) is 2. The molecule has 2 rings (SSSR count). The van der Waals surface area contributed by atoms with Crippen LogP contribution in [0.15, 0.2) is 60.7 Å². The van der Waals surface area contributed by atoms with Gasteiger partial charge in [0.2, 0.25) is 0 Å². The number of halogens is 2. The van der Waals surface area contributed by atoms with Crippen molar-refractivity contribution in [1.82, 2.24) is 0 Å². The SMILES string of the molecule is CC(C)(C)[Si](OCCC(F)(F)C(=O)O)(c1ccccc1)c1ccccc1.[NaH]. The zero-order chi connectivity index (χ0) is 19.4. The van der Waals surface area contributed by atoms with Crippen LogP contribution in [-0.2, 0) is 9.22 Å². The van der Waals surface area contributed by atoms with Crippen LogP contribution in [0.25, 0.3) is 0 Å². The second kappa shape index (κ2) is 9.43. The Morgan fingerprint density at radius 2 is 1.37 bits per heavy atom. The van der Waals surface area contributed by atoms with Crippen LogP contribution < -0.4 is 10.4 Å². The number of carboxylic acids is 1. The summed E-state index contributed by atoms with van der Waals surface area (Å²) < 4.78 is 33.4. The molecule has 2 aromatic carbocycles. The minimum absolute atomic E-state index is 0. The Bertz CT molecular complexity index is 694. The molecular formula is C20H25F2NaO3Si. The summed E-state index contributed by atoms with van der Waals surface area (Å²) in [6.45, 7) is 5.78. The van der Waals surface area contributed by atoms with Crippen LogP contribution >= 0.6 is 0 Å². The Morgan fingerprint density at radius 1 is 0.963 bits per heavy atom. The molecular weight excluding hydrogens is 377 g/mol. The summed E-state index contributed by atoms with van der Waals surface area (Å²) in [5.74, 6) is -5.92. The van der Waals surface area contributed by atoms with E-state index in [-0.39, 0.29) is 41.2 Å². The molecule has 0 aliphatic rings. The van der Waals surface area contributed by atoms with Crippen molar-refractivity contribution in [2.24, 2.45) is 0 Å². The van der Waals surface area contributed by atoms with Crippen LogP contribution in [-0.4, -0.2) is 61.5 Å². The summed E-state index contributed by atoms with van der Waals surface area (Å²) in [5.41, 5.74) is 0. The van der Waals surface area contributed by atoms with Crippen molar-refractivity contribution in [2.45, 2.75) is 38.2 Å². The van der Waals surface area contributed by atoms with Crippen LogP contribution in [0.1, 0.15) is 27.2 Å². The van der Waals surface area contributed by atoms with Crippen molar-refractivity contribution in [3.63, 3.8) is 0 Å². The molecule has 7 heteroatoms. The maximum absolute atomic E-state index is 13.6. The van der Waals surface area contributed by atoms with Gasteiger partial charge in [0.1, 0.15) is 0 Å². The van der Waals surface area contributed by atoms with Gasteiger partial charge in [-0.15, -0.1) is 0 Å². The fraction of sp³-hybridized carbons (Fsp3) is 0.350. The Kier molecular flexibility index (Phi) is 8.38. The molecule has 1 N–H and O–H groups in total. The zero-order valence-electron chi connectivity index (χ0n) is 15.2. The first-order valence-electron chi connectivity index (χ1n) is 8.47. The van der Waals surface area contributed by atoms with Gasteiger partial charge in [-0.25, -0.2) is 4.79 Å². The van der Waals surface area contributed by atoms with Gasteiger partial charge in [-0.3, -0.25) is 0 Å². The molecule has 0 saturated heterocycles.